The van der Waals surface area contributed by atoms with E-state index in [4.69, 9.17) is 0 Å². The van der Waals surface area contributed by atoms with E-state index in [0.717, 1.165) is 36.4 Å². The number of carbonyl (C=O) groups excluding carboxylic acids is 2. The average molecular weight is 363 g/mol. The first-order valence-corrected chi connectivity index (χ1v) is 9.62. The normalized spacial score (nSPS) is 19.9. The van der Waals surface area contributed by atoms with Crippen LogP contribution in [-0.2, 0) is 16.0 Å². The highest BCUT2D eigenvalue weighted by Crippen LogP contribution is 2.32. The summed E-state index contributed by atoms with van der Waals surface area (Å²) in [5.41, 5.74) is 4.05. The van der Waals surface area contributed by atoms with Crippen LogP contribution in [0.25, 0.3) is 0 Å². The highest BCUT2D eigenvalue weighted by atomic mass is 16.2. The van der Waals surface area contributed by atoms with Crippen molar-refractivity contribution in [3.8, 4) is 0 Å². The Morgan fingerprint density at radius 2 is 1.89 bits per heavy atom. The molecule has 0 aliphatic carbocycles. The van der Waals surface area contributed by atoms with Crippen LogP contribution in [0, 0.1) is 0 Å². The highest BCUT2D eigenvalue weighted by Gasteiger charge is 2.33. The van der Waals surface area contributed by atoms with Gasteiger partial charge in [-0.05, 0) is 62.6 Å². The van der Waals surface area contributed by atoms with Gasteiger partial charge in [0.15, 0.2) is 0 Å². The number of nitrogens with one attached hydrogen (secondary N) is 1. The lowest BCUT2D eigenvalue weighted by molar-refractivity contribution is -0.119. The fourth-order valence-electron chi connectivity index (χ4n) is 4.08. The van der Waals surface area contributed by atoms with Crippen molar-refractivity contribution in [1.82, 2.24) is 0 Å². The fraction of sp³-hybridized carbons (Fsp3) is 0.364. The molecular weight excluding hydrogens is 338 g/mol. The Balaban J connectivity index is 1.45. The van der Waals surface area contributed by atoms with Crippen molar-refractivity contribution in [3.05, 3.63) is 54.1 Å². The van der Waals surface area contributed by atoms with Gasteiger partial charge >= 0.3 is 0 Å². The predicted octanol–water partition coefficient (Wildman–Crippen LogP) is 3.59. The van der Waals surface area contributed by atoms with Crippen LogP contribution in [0.2, 0.25) is 0 Å². The van der Waals surface area contributed by atoms with Crippen LogP contribution < -0.4 is 15.1 Å². The largest absolute Gasteiger partial charge is 0.374 e. The minimum atomic E-state index is -0.335. The molecule has 2 aliphatic rings. The van der Waals surface area contributed by atoms with E-state index in [1.165, 1.54) is 5.56 Å². The molecule has 2 unspecified atom stereocenters. The summed E-state index contributed by atoms with van der Waals surface area (Å²) in [6.45, 7) is 4.77. The van der Waals surface area contributed by atoms with E-state index in [1.54, 1.807) is 0 Å². The third kappa shape index (κ3) is 3.29. The summed E-state index contributed by atoms with van der Waals surface area (Å²) in [5, 5.41) is 3.30. The first kappa shape index (κ1) is 17.6. The molecule has 2 heterocycles. The molecule has 0 bridgehead atoms. The topological polar surface area (TPSA) is 52.7 Å². The van der Waals surface area contributed by atoms with Crippen LogP contribution in [-0.4, -0.2) is 30.4 Å². The number of para-hydroxylation sites is 1. The lowest BCUT2D eigenvalue weighted by atomic mass is 10.1. The van der Waals surface area contributed by atoms with Gasteiger partial charge in [-0.15, -0.1) is 0 Å². The number of rotatable bonds is 4. The molecule has 0 aromatic heterocycles. The quantitative estimate of drug-likeness (QED) is 0.903. The molecule has 1 fully saturated rings. The van der Waals surface area contributed by atoms with Crippen molar-refractivity contribution < 1.29 is 9.59 Å². The van der Waals surface area contributed by atoms with Gasteiger partial charge in [-0.25, -0.2) is 0 Å². The SMILES string of the molecule is CC(Nc1ccc(N2CCCC2=O)cc1)C(=O)N1c2ccccc2CC1C. The number of benzene rings is 2. The third-order valence-electron chi connectivity index (χ3n) is 5.45. The third-order valence-corrected chi connectivity index (χ3v) is 5.45. The Morgan fingerprint density at radius 3 is 2.59 bits per heavy atom. The molecule has 0 spiro atoms. The maximum atomic E-state index is 13.1. The van der Waals surface area contributed by atoms with Gasteiger partial charge in [0, 0.05) is 36.1 Å². The van der Waals surface area contributed by atoms with Gasteiger partial charge in [0.1, 0.15) is 6.04 Å². The maximum absolute atomic E-state index is 13.1. The number of carbonyl (C=O) groups is 2. The molecule has 2 aromatic rings. The van der Waals surface area contributed by atoms with Crippen molar-refractivity contribution >= 4 is 28.9 Å². The molecule has 2 amide bonds. The van der Waals surface area contributed by atoms with Crippen molar-refractivity contribution in [3.63, 3.8) is 0 Å². The summed E-state index contributed by atoms with van der Waals surface area (Å²) in [4.78, 5) is 28.6. The zero-order valence-electron chi connectivity index (χ0n) is 15.8. The zero-order valence-corrected chi connectivity index (χ0v) is 15.8. The Morgan fingerprint density at radius 1 is 1.15 bits per heavy atom. The summed E-state index contributed by atoms with van der Waals surface area (Å²) in [7, 11) is 0. The average Bonchev–Trinajstić information content (AvgIpc) is 3.24. The van der Waals surface area contributed by atoms with E-state index in [0.29, 0.717) is 6.42 Å². The van der Waals surface area contributed by atoms with E-state index in [2.05, 4.69) is 18.3 Å². The van der Waals surface area contributed by atoms with Crippen molar-refractivity contribution in [2.24, 2.45) is 0 Å². The second kappa shape index (κ2) is 7.06. The number of hydrogen-bond acceptors (Lipinski definition) is 3. The fourth-order valence-corrected chi connectivity index (χ4v) is 4.08. The van der Waals surface area contributed by atoms with Gasteiger partial charge in [-0.3, -0.25) is 9.59 Å². The standard InChI is InChI=1S/C22H25N3O2/c1-15-14-17-6-3-4-7-20(17)25(15)22(27)16(2)23-18-9-11-19(12-10-18)24-13-5-8-21(24)26/h3-4,6-7,9-12,15-16,23H,5,8,13-14H2,1-2H3. The summed E-state index contributed by atoms with van der Waals surface area (Å²) < 4.78 is 0. The molecule has 1 N–H and O–H groups in total. The smallest absolute Gasteiger partial charge is 0.249 e. The lowest BCUT2D eigenvalue weighted by Crippen LogP contribution is -2.44. The van der Waals surface area contributed by atoms with Crippen LogP contribution in [0.5, 0.6) is 0 Å². The molecule has 1 saturated heterocycles. The zero-order chi connectivity index (χ0) is 19.0. The van der Waals surface area contributed by atoms with Gasteiger partial charge < -0.3 is 15.1 Å². The van der Waals surface area contributed by atoms with E-state index in [9.17, 15) is 9.59 Å². The lowest BCUT2D eigenvalue weighted by Gasteiger charge is -2.27. The Hall–Kier alpha value is -2.82. The first-order chi connectivity index (χ1) is 13.0. The Labute approximate surface area is 160 Å². The number of hydrogen-bond donors (Lipinski definition) is 1. The number of nitrogens with zero attached hydrogens (tertiary/aromatic N) is 2. The number of amides is 2. The molecule has 5 nitrogen and oxygen atoms in total. The molecule has 2 aromatic carbocycles. The van der Waals surface area contributed by atoms with Gasteiger partial charge in [-0.2, -0.15) is 0 Å². The summed E-state index contributed by atoms with van der Waals surface area (Å²) in [5.74, 6) is 0.257. The molecule has 0 saturated carbocycles. The van der Waals surface area contributed by atoms with Gasteiger partial charge in [-0.1, -0.05) is 18.2 Å². The van der Waals surface area contributed by atoms with Crippen LogP contribution in [0.1, 0.15) is 32.3 Å². The summed E-state index contributed by atoms with van der Waals surface area (Å²) in [6, 6.07) is 15.7. The van der Waals surface area contributed by atoms with E-state index >= 15 is 0 Å². The second-order valence-corrected chi connectivity index (χ2v) is 7.45. The summed E-state index contributed by atoms with van der Waals surface area (Å²) in [6.07, 6.45) is 2.44. The maximum Gasteiger partial charge on any atom is 0.249 e. The van der Waals surface area contributed by atoms with E-state index in [-0.39, 0.29) is 23.9 Å². The predicted molar refractivity (Wildman–Crippen MR) is 108 cm³/mol. The Bertz CT molecular complexity index is 862. The Kier molecular flexibility index (Phi) is 4.60. The molecule has 27 heavy (non-hydrogen) atoms. The highest BCUT2D eigenvalue weighted by molar-refractivity contribution is 6.01. The molecule has 140 valence electrons. The minimum absolute atomic E-state index is 0.0752. The van der Waals surface area contributed by atoms with E-state index < -0.39 is 0 Å². The van der Waals surface area contributed by atoms with E-state index in [1.807, 2.05) is 59.2 Å². The van der Waals surface area contributed by atoms with Crippen molar-refractivity contribution in [2.45, 2.75) is 45.2 Å². The summed E-state index contributed by atoms with van der Waals surface area (Å²) >= 11 is 0. The molecular formula is C22H25N3O2. The molecule has 0 radical (unpaired) electrons. The second-order valence-electron chi connectivity index (χ2n) is 7.45. The number of fused-ring (bicyclic) bond motifs is 1. The van der Waals surface area contributed by atoms with Gasteiger partial charge in [0.05, 0.1) is 0 Å². The van der Waals surface area contributed by atoms with Crippen LogP contribution >= 0.6 is 0 Å². The monoisotopic (exact) mass is 363 g/mol. The number of anilines is 3. The molecule has 2 atom stereocenters. The first-order valence-electron chi connectivity index (χ1n) is 9.62. The van der Waals surface area contributed by atoms with Crippen LogP contribution in [0.15, 0.2) is 48.5 Å². The molecule has 2 aliphatic heterocycles. The van der Waals surface area contributed by atoms with Gasteiger partial charge in [0.25, 0.3) is 0 Å². The van der Waals surface area contributed by atoms with Crippen molar-refractivity contribution in [2.75, 3.05) is 21.7 Å². The minimum Gasteiger partial charge on any atom is -0.374 e. The van der Waals surface area contributed by atoms with Crippen molar-refractivity contribution in [1.29, 1.82) is 0 Å². The van der Waals surface area contributed by atoms with Gasteiger partial charge in [0.2, 0.25) is 11.8 Å². The molecule has 4 rings (SSSR count). The van der Waals surface area contributed by atoms with Crippen LogP contribution in [0.3, 0.4) is 0 Å². The van der Waals surface area contributed by atoms with Crippen LogP contribution in [0.4, 0.5) is 17.1 Å². The molecule has 5 heteroatoms.